The number of nitrogens with zero attached hydrogens (tertiary/aromatic N) is 3. The summed E-state index contributed by atoms with van der Waals surface area (Å²) >= 11 is 0. The molecule has 0 radical (unpaired) electrons. The van der Waals surface area contributed by atoms with Crippen LogP contribution in [-0.2, 0) is 24.8 Å². The second-order valence-corrected chi connectivity index (χ2v) is 5.68. The van der Waals surface area contributed by atoms with E-state index in [1.807, 2.05) is 55.7 Å². The molecule has 0 spiro atoms. The average Bonchev–Trinajstić information content (AvgIpc) is 3.05. The Hall–Kier alpha value is -2.95. The van der Waals surface area contributed by atoms with E-state index < -0.39 is 0 Å². The highest BCUT2D eigenvalue weighted by Crippen LogP contribution is 2.20. The average molecular weight is 320 g/mol. The Balaban J connectivity index is 1.59. The molecule has 3 aromatic rings. The first-order valence-corrected chi connectivity index (χ1v) is 7.96. The topological polar surface area (TPSA) is 59.8 Å². The first-order valence-electron chi connectivity index (χ1n) is 7.96. The lowest BCUT2D eigenvalue weighted by molar-refractivity contribution is -0.121. The van der Waals surface area contributed by atoms with E-state index in [-0.39, 0.29) is 5.91 Å². The lowest BCUT2D eigenvalue weighted by Gasteiger charge is -2.09. The van der Waals surface area contributed by atoms with Crippen LogP contribution >= 0.6 is 0 Å². The van der Waals surface area contributed by atoms with E-state index in [0.29, 0.717) is 13.0 Å². The van der Waals surface area contributed by atoms with E-state index in [1.165, 1.54) is 5.56 Å². The van der Waals surface area contributed by atoms with Crippen molar-refractivity contribution in [1.82, 2.24) is 20.1 Å². The zero-order chi connectivity index (χ0) is 16.8. The SMILES string of the molecule is Cn1cc(-c2ncccc2CNC(=O)CCc2ccccc2)cn1. The molecule has 0 fully saturated rings. The zero-order valence-electron chi connectivity index (χ0n) is 13.6. The number of hydrogen-bond acceptors (Lipinski definition) is 3. The molecule has 0 unspecified atom stereocenters. The van der Waals surface area contributed by atoms with Gasteiger partial charge in [0.1, 0.15) is 0 Å². The summed E-state index contributed by atoms with van der Waals surface area (Å²) < 4.78 is 1.74. The normalized spacial score (nSPS) is 10.5. The molecule has 0 aliphatic rings. The van der Waals surface area contributed by atoms with Gasteiger partial charge in [-0.05, 0) is 23.6 Å². The van der Waals surface area contributed by atoms with Gasteiger partial charge in [0.2, 0.25) is 5.91 Å². The van der Waals surface area contributed by atoms with Gasteiger partial charge in [0.05, 0.1) is 11.9 Å². The second kappa shape index (κ2) is 7.55. The Kier molecular flexibility index (Phi) is 5.01. The first-order chi connectivity index (χ1) is 11.7. The third-order valence-electron chi connectivity index (χ3n) is 3.83. The summed E-state index contributed by atoms with van der Waals surface area (Å²) in [7, 11) is 1.87. The van der Waals surface area contributed by atoms with Gasteiger partial charge in [0.15, 0.2) is 0 Å². The molecule has 0 aliphatic heterocycles. The predicted octanol–water partition coefficient (Wildman–Crippen LogP) is 2.73. The van der Waals surface area contributed by atoms with E-state index in [1.54, 1.807) is 17.1 Å². The molecule has 5 nitrogen and oxygen atoms in total. The van der Waals surface area contributed by atoms with E-state index in [9.17, 15) is 4.79 Å². The van der Waals surface area contributed by atoms with Gasteiger partial charge in [-0.3, -0.25) is 14.5 Å². The number of benzene rings is 1. The summed E-state index contributed by atoms with van der Waals surface area (Å²) in [5.74, 6) is 0.0415. The van der Waals surface area contributed by atoms with Crippen molar-refractivity contribution in [2.45, 2.75) is 19.4 Å². The highest BCUT2D eigenvalue weighted by atomic mass is 16.1. The monoisotopic (exact) mass is 320 g/mol. The fourth-order valence-electron chi connectivity index (χ4n) is 2.57. The number of aromatic nitrogens is 3. The van der Waals surface area contributed by atoms with E-state index in [2.05, 4.69) is 15.4 Å². The summed E-state index contributed by atoms with van der Waals surface area (Å²) in [6.07, 6.45) is 6.68. The van der Waals surface area contributed by atoms with Crippen molar-refractivity contribution in [1.29, 1.82) is 0 Å². The van der Waals surface area contributed by atoms with Gasteiger partial charge in [-0.15, -0.1) is 0 Å². The zero-order valence-corrected chi connectivity index (χ0v) is 13.6. The van der Waals surface area contributed by atoms with Crippen LogP contribution in [0.3, 0.4) is 0 Å². The number of hydrogen-bond donors (Lipinski definition) is 1. The molecule has 2 aromatic heterocycles. The van der Waals surface area contributed by atoms with Gasteiger partial charge in [-0.25, -0.2) is 0 Å². The van der Waals surface area contributed by atoms with E-state index in [0.717, 1.165) is 23.2 Å². The van der Waals surface area contributed by atoms with Gasteiger partial charge < -0.3 is 5.32 Å². The molecular weight excluding hydrogens is 300 g/mol. The number of rotatable bonds is 6. The summed E-state index contributed by atoms with van der Waals surface area (Å²) in [4.78, 5) is 16.5. The molecule has 5 heteroatoms. The van der Waals surface area contributed by atoms with Crippen LogP contribution in [0.2, 0.25) is 0 Å². The van der Waals surface area contributed by atoms with Crippen molar-refractivity contribution >= 4 is 5.91 Å². The number of nitrogens with one attached hydrogen (secondary N) is 1. The first kappa shape index (κ1) is 15.9. The lowest BCUT2D eigenvalue weighted by Crippen LogP contribution is -2.23. The number of amides is 1. The molecule has 24 heavy (non-hydrogen) atoms. The molecule has 1 N–H and O–H groups in total. The fourth-order valence-corrected chi connectivity index (χ4v) is 2.57. The Bertz CT molecular complexity index is 811. The van der Waals surface area contributed by atoms with Crippen LogP contribution in [0.5, 0.6) is 0 Å². The van der Waals surface area contributed by atoms with E-state index in [4.69, 9.17) is 0 Å². The minimum Gasteiger partial charge on any atom is -0.352 e. The van der Waals surface area contributed by atoms with Crippen LogP contribution in [0.15, 0.2) is 61.1 Å². The van der Waals surface area contributed by atoms with Gasteiger partial charge >= 0.3 is 0 Å². The van der Waals surface area contributed by atoms with Gasteiger partial charge in [-0.1, -0.05) is 36.4 Å². The van der Waals surface area contributed by atoms with Crippen molar-refractivity contribution in [2.24, 2.45) is 7.05 Å². The molecule has 122 valence electrons. The van der Waals surface area contributed by atoms with E-state index >= 15 is 0 Å². The van der Waals surface area contributed by atoms with Crippen LogP contribution in [0.25, 0.3) is 11.3 Å². The Morgan fingerprint density at radius 2 is 2.00 bits per heavy atom. The quantitative estimate of drug-likeness (QED) is 0.760. The second-order valence-electron chi connectivity index (χ2n) is 5.68. The molecule has 0 aliphatic carbocycles. The van der Waals surface area contributed by atoms with Crippen LogP contribution in [0.4, 0.5) is 0 Å². The molecule has 0 atom stereocenters. The van der Waals surface area contributed by atoms with Crippen LogP contribution < -0.4 is 5.32 Å². The maximum absolute atomic E-state index is 12.1. The third-order valence-corrected chi connectivity index (χ3v) is 3.83. The largest absolute Gasteiger partial charge is 0.352 e. The van der Waals surface area contributed by atoms with Crippen molar-refractivity contribution in [2.75, 3.05) is 0 Å². The smallest absolute Gasteiger partial charge is 0.220 e. The summed E-state index contributed by atoms with van der Waals surface area (Å²) in [6, 6.07) is 13.9. The Labute approximate surface area is 141 Å². The van der Waals surface area contributed by atoms with Gasteiger partial charge in [-0.2, -0.15) is 5.10 Å². The van der Waals surface area contributed by atoms with Crippen molar-refractivity contribution in [3.05, 3.63) is 72.2 Å². The Morgan fingerprint density at radius 1 is 1.17 bits per heavy atom. The van der Waals surface area contributed by atoms with Crippen LogP contribution in [0, 0.1) is 0 Å². The molecule has 1 amide bonds. The molecule has 1 aromatic carbocycles. The lowest BCUT2D eigenvalue weighted by atomic mass is 10.1. The number of carbonyl (C=O) groups is 1. The minimum absolute atomic E-state index is 0.0415. The van der Waals surface area contributed by atoms with Crippen molar-refractivity contribution in [3.63, 3.8) is 0 Å². The summed E-state index contributed by atoms with van der Waals surface area (Å²) in [5, 5.41) is 7.16. The van der Waals surface area contributed by atoms with Gasteiger partial charge in [0, 0.05) is 38.0 Å². The predicted molar refractivity (Wildman–Crippen MR) is 93.0 cm³/mol. The molecule has 2 heterocycles. The molecule has 0 bridgehead atoms. The maximum Gasteiger partial charge on any atom is 0.220 e. The minimum atomic E-state index is 0.0415. The van der Waals surface area contributed by atoms with Crippen LogP contribution in [-0.4, -0.2) is 20.7 Å². The number of aryl methyl sites for hydroxylation is 2. The molecule has 3 rings (SSSR count). The summed E-state index contributed by atoms with van der Waals surface area (Å²) in [5.41, 5.74) is 3.96. The highest BCUT2D eigenvalue weighted by Gasteiger charge is 2.09. The standard InChI is InChI=1S/C19H20N4O/c1-23-14-17(13-22-23)19-16(8-5-11-20-19)12-21-18(24)10-9-15-6-3-2-4-7-15/h2-8,11,13-14H,9-10,12H2,1H3,(H,21,24). The molecule has 0 saturated heterocycles. The third kappa shape index (κ3) is 4.07. The van der Waals surface area contributed by atoms with Crippen molar-refractivity contribution in [3.8, 4) is 11.3 Å². The Morgan fingerprint density at radius 3 is 2.75 bits per heavy atom. The molecular formula is C19H20N4O. The van der Waals surface area contributed by atoms with Gasteiger partial charge in [0.25, 0.3) is 0 Å². The summed E-state index contributed by atoms with van der Waals surface area (Å²) in [6.45, 7) is 0.464. The van der Waals surface area contributed by atoms with Crippen molar-refractivity contribution < 1.29 is 4.79 Å². The number of carbonyl (C=O) groups excluding carboxylic acids is 1. The maximum atomic E-state index is 12.1. The molecule has 0 saturated carbocycles. The number of pyridine rings is 1. The highest BCUT2D eigenvalue weighted by molar-refractivity contribution is 5.76. The fraction of sp³-hybridized carbons (Fsp3) is 0.211. The van der Waals surface area contributed by atoms with Crippen LogP contribution in [0.1, 0.15) is 17.5 Å².